The van der Waals surface area contributed by atoms with Crippen LogP contribution in [-0.4, -0.2) is 25.4 Å². The third-order valence-corrected chi connectivity index (χ3v) is 4.19. The van der Waals surface area contributed by atoms with E-state index in [1.54, 1.807) is 18.2 Å². The van der Waals surface area contributed by atoms with Crippen molar-refractivity contribution in [2.45, 2.75) is 33.6 Å². The van der Waals surface area contributed by atoms with Crippen LogP contribution in [0.1, 0.15) is 42.3 Å². The smallest absolute Gasteiger partial charge is 0.262 e. The maximum Gasteiger partial charge on any atom is 0.262 e. The summed E-state index contributed by atoms with van der Waals surface area (Å²) in [5.74, 6) is 0.507. The molecule has 26 heavy (non-hydrogen) atoms. The summed E-state index contributed by atoms with van der Waals surface area (Å²) in [6, 6.07) is 10.9. The number of rotatable bonds is 8. The van der Waals surface area contributed by atoms with Crippen LogP contribution >= 0.6 is 0 Å². The Morgan fingerprint density at radius 3 is 2.23 bits per heavy atom. The van der Waals surface area contributed by atoms with Gasteiger partial charge in [-0.3, -0.25) is 9.59 Å². The largest absolute Gasteiger partial charge is 0.497 e. The molecular formula is C21H25NO4. The molecule has 0 radical (unpaired) electrons. The fourth-order valence-electron chi connectivity index (χ4n) is 2.76. The predicted octanol–water partition coefficient (Wildman–Crippen LogP) is 4.04. The lowest BCUT2D eigenvalue weighted by atomic mass is 10.0. The number of anilines is 1. The number of Topliss-reactive ketones (excluding diaryl/α,β-unsaturated/α-hetero) is 1. The fourth-order valence-corrected chi connectivity index (χ4v) is 2.76. The molecule has 0 fully saturated rings. The van der Waals surface area contributed by atoms with Crippen molar-refractivity contribution in [3.63, 3.8) is 0 Å². The van der Waals surface area contributed by atoms with Gasteiger partial charge in [0.25, 0.3) is 5.91 Å². The van der Waals surface area contributed by atoms with Gasteiger partial charge in [0, 0.05) is 11.8 Å². The number of carbonyl (C=O) groups is 2. The zero-order chi connectivity index (χ0) is 19.1. The van der Waals surface area contributed by atoms with Gasteiger partial charge in [-0.25, -0.2) is 0 Å². The average Bonchev–Trinajstić information content (AvgIpc) is 2.66. The summed E-state index contributed by atoms with van der Waals surface area (Å²) in [6.45, 7) is 5.38. The first kappa shape index (κ1) is 19.5. The van der Waals surface area contributed by atoms with Crippen molar-refractivity contribution in [3.8, 4) is 11.5 Å². The van der Waals surface area contributed by atoms with Gasteiger partial charge in [0.05, 0.1) is 12.7 Å². The van der Waals surface area contributed by atoms with Crippen molar-refractivity contribution in [2.75, 3.05) is 19.0 Å². The molecule has 0 aromatic heterocycles. The van der Waals surface area contributed by atoms with E-state index >= 15 is 0 Å². The molecule has 0 aliphatic rings. The highest BCUT2D eigenvalue weighted by Crippen LogP contribution is 2.26. The molecule has 0 saturated heterocycles. The van der Waals surface area contributed by atoms with E-state index in [2.05, 4.69) is 19.2 Å². The average molecular weight is 355 g/mol. The molecule has 0 saturated carbocycles. The highest BCUT2D eigenvalue weighted by Gasteiger charge is 2.14. The number of amides is 1. The summed E-state index contributed by atoms with van der Waals surface area (Å²) in [7, 11) is 1.53. The number of ether oxygens (including phenoxy) is 2. The number of hydrogen-bond acceptors (Lipinski definition) is 4. The summed E-state index contributed by atoms with van der Waals surface area (Å²) in [4.78, 5) is 24.2. The lowest BCUT2D eigenvalue weighted by Crippen LogP contribution is -2.22. The SMILES string of the molecule is CCc1cccc(CC)c1NC(=O)COc1cc(OC)ccc1C(C)=O. The minimum absolute atomic E-state index is 0.132. The lowest BCUT2D eigenvalue weighted by Gasteiger charge is -2.15. The van der Waals surface area contributed by atoms with Crippen LogP contribution < -0.4 is 14.8 Å². The molecule has 1 amide bonds. The summed E-state index contributed by atoms with van der Waals surface area (Å²) < 4.78 is 10.8. The third-order valence-electron chi connectivity index (χ3n) is 4.19. The van der Waals surface area contributed by atoms with Gasteiger partial charge >= 0.3 is 0 Å². The zero-order valence-corrected chi connectivity index (χ0v) is 15.7. The van der Waals surface area contributed by atoms with Gasteiger partial charge in [0.2, 0.25) is 0 Å². The van der Waals surface area contributed by atoms with Crippen LogP contribution in [0.25, 0.3) is 0 Å². The van der Waals surface area contributed by atoms with E-state index in [9.17, 15) is 9.59 Å². The maximum atomic E-state index is 12.4. The second-order valence-electron chi connectivity index (χ2n) is 5.91. The van der Waals surface area contributed by atoms with Crippen LogP contribution in [-0.2, 0) is 17.6 Å². The first-order chi connectivity index (χ1) is 12.5. The molecule has 0 aliphatic heterocycles. The number of aryl methyl sites for hydroxylation is 2. The molecule has 1 N–H and O–H groups in total. The van der Waals surface area contributed by atoms with E-state index in [0.29, 0.717) is 17.1 Å². The molecule has 5 heteroatoms. The first-order valence-corrected chi connectivity index (χ1v) is 8.72. The van der Waals surface area contributed by atoms with Crippen molar-refractivity contribution in [1.29, 1.82) is 0 Å². The number of methoxy groups -OCH3 is 1. The number of ketones is 1. The summed E-state index contributed by atoms with van der Waals surface area (Å²) >= 11 is 0. The minimum Gasteiger partial charge on any atom is -0.497 e. The third kappa shape index (κ3) is 4.63. The van der Waals surface area contributed by atoms with Crippen molar-refractivity contribution < 1.29 is 19.1 Å². The number of hydrogen-bond donors (Lipinski definition) is 1. The van der Waals surface area contributed by atoms with Crippen molar-refractivity contribution >= 4 is 17.4 Å². The van der Waals surface area contributed by atoms with Gasteiger partial charge in [0.15, 0.2) is 12.4 Å². The molecule has 0 aliphatic carbocycles. The van der Waals surface area contributed by atoms with Crippen molar-refractivity contribution in [3.05, 3.63) is 53.1 Å². The molecule has 0 unspecified atom stereocenters. The minimum atomic E-state index is -0.266. The molecule has 0 atom stereocenters. The lowest BCUT2D eigenvalue weighted by molar-refractivity contribution is -0.118. The number of benzene rings is 2. The van der Waals surface area contributed by atoms with Gasteiger partial charge < -0.3 is 14.8 Å². The van der Waals surface area contributed by atoms with Crippen LogP contribution in [0, 0.1) is 0 Å². The normalized spacial score (nSPS) is 10.3. The van der Waals surface area contributed by atoms with E-state index in [1.807, 2.05) is 18.2 Å². The topological polar surface area (TPSA) is 64.6 Å². The van der Waals surface area contributed by atoms with Gasteiger partial charge in [0.1, 0.15) is 11.5 Å². The first-order valence-electron chi connectivity index (χ1n) is 8.72. The molecule has 2 rings (SSSR count). The van der Waals surface area contributed by atoms with Crippen LogP contribution in [0.15, 0.2) is 36.4 Å². The molecule has 0 spiro atoms. The molecule has 2 aromatic carbocycles. The Kier molecular flexibility index (Phi) is 6.78. The van der Waals surface area contributed by atoms with E-state index in [4.69, 9.17) is 9.47 Å². The predicted molar refractivity (Wildman–Crippen MR) is 102 cm³/mol. The van der Waals surface area contributed by atoms with E-state index in [0.717, 1.165) is 29.7 Å². The highest BCUT2D eigenvalue weighted by molar-refractivity contribution is 5.97. The Balaban J connectivity index is 2.14. The highest BCUT2D eigenvalue weighted by atomic mass is 16.5. The van der Waals surface area contributed by atoms with E-state index < -0.39 is 0 Å². The fraction of sp³-hybridized carbons (Fsp3) is 0.333. The standard InChI is InChI=1S/C21H25NO4/c1-5-15-8-7-9-16(6-2)21(15)22-20(24)13-26-19-12-17(25-4)10-11-18(19)14(3)23/h7-12H,5-6,13H2,1-4H3,(H,22,24). The second-order valence-corrected chi connectivity index (χ2v) is 5.91. The monoisotopic (exact) mass is 355 g/mol. The number of para-hydroxylation sites is 1. The molecule has 2 aromatic rings. The Morgan fingerprint density at radius 2 is 1.69 bits per heavy atom. The Labute approximate surface area is 154 Å². The van der Waals surface area contributed by atoms with Gasteiger partial charge in [-0.15, -0.1) is 0 Å². The summed E-state index contributed by atoms with van der Waals surface area (Å²) in [6.07, 6.45) is 1.66. The van der Waals surface area contributed by atoms with E-state index in [1.165, 1.54) is 14.0 Å². The molecule has 0 bridgehead atoms. The van der Waals surface area contributed by atoms with Crippen molar-refractivity contribution in [2.24, 2.45) is 0 Å². The van der Waals surface area contributed by atoms with Gasteiger partial charge in [-0.2, -0.15) is 0 Å². The van der Waals surface area contributed by atoms with Crippen LogP contribution in [0.2, 0.25) is 0 Å². The van der Waals surface area contributed by atoms with Gasteiger partial charge in [-0.1, -0.05) is 32.0 Å². The molecular weight excluding hydrogens is 330 g/mol. The maximum absolute atomic E-state index is 12.4. The zero-order valence-electron chi connectivity index (χ0n) is 15.7. The number of carbonyl (C=O) groups excluding carboxylic acids is 2. The number of nitrogens with one attached hydrogen (secondary N) is 1. The molecule has 5 nitrogen and oxygen atoms in total. The van der Waals surface area contributed by atoms with Crippen LogP contribution in [0.3, 0.4) is 0 Å². The van der Waals surface area contributed by atoms with Crippen molar-refractivity contribution in [1.82, 2.24) is 0 Å². The molecule has 0 heterocycles. The summed E-state index contributed by atoms with van der Waals surface area (Å²) in [5, 5.41) is 2.95. The quantitative estimate of drug-likeness (QED) is 0.726. The molecule has 138 valence electrons. The van der Waals surface area contributed by atoms with Gasteiger partial charge in [-0.05, 0) is 43.0 Å². The Hall–Kier alpha value is -2.82. The van der Waals surface area contributed by atoms with Crippen LogP contribution in [0.4, 0.5) is 5.69 Å². The Morgan fingerprint density at radius 1 is 1.04 bits per heavy atom. The Bertz CT molecular complexity index is 776. The second kappa shape index (κ2) is 9.04. The summed E-state index contributed by atoms with van der Waals surface area (Å²) in [5.41, 5.74) is 3.44. The van der Waals surface area contributed by atoms with E-state index in [-0.39, 0.29) is 18.3 Å². The van der Waals surface area contributed by atoms with Crippen LogP contribution in [0.5, 0.6) is 11.5 Å².